The molecule has 0 saturated heterocycles. The Morgan fingerprint density at radius 2 is 1.74 bits per heavy atom. The van der Waals surface area contributed by atoms with Gasteiger partial charge in [-0.25, -0.2) is 13.1 Å². The van der Waals surface area contributed by atoms with Crippen molar-refractivity contribution in [2.75, 3.05) is 7.11 Å². The maximum Gasteiger partial charge on any atom is 0.216 e. The number of hydrogen-bond acceptors (Lipinski definition) is 5. The van der Waals surface area contributed by atoms with Crippen LogP contribution < -0.4 is 4.74 Å². The molecule has 6 nitrogen and oxygen atoms in total. The lowest BCUT2D eigenvalue weighted by molar-refractivity contribution is 0.412. The maximum atomic E-state index is 13.2. The van der Waals surface area contributed by atoms with Gasteiger partial charge in [0.1, 0.15) is 22.4 Å². The number of nitrogens with zero attached hydrogens (tertiary/aromatic N) is 3. The summed E-state index contributed by atoms with van der Waals surface area (Å²) in [5.41, 5.74) is 4.51. The number of aromatic nitrogens is 2. The molecule has 0 aliphatic carbocycles. The van der Waals surface area contributed by atoms with Gasteiger partial charge >= 0.3 is 0 Å². The molecule has 3 aromatic carbocycles. The average Bonchev–Trinajstić information content (AvgIpc) is 3.27. The summed E-state index contributed by atoms with van der Waals surface area (Å²) in [5, 5.41) is 14.5. The van der Waals surface area contributed by atoms with Gasteiger partial charge in [-0.2, -0.15) is 10.4 Å². The molecule has 0 aliphatic heterocycles. The van der Waals surface area contributed by atoms with Crippen LogP contribution in [0.15, 0.2) is 88.8 Å². The first-order valence-corrected chi connectivity index (χ1v) is 12.1. The minimum atomic E-state index is -4.00. The zero-order valence-corrected chi connectivity index (χ0v) is 19.9. The van der Waals surface area contributed by atoms with Crippen LogP contribution in [0.25, 0.3) is 23.0 Å². The largest absolute Gasteiger partial charge is 0.496 e. The molecule has 34 heavy (non-hydrogen) atoms. The number of nitriles is 1. The van der Waals surface area contributed by atoms with Crippen LogP contribution in [-0.4, -0.2) is 25.3 Å². The molecule has 0 amide bonds. The third-order valence-electron chi connectivity index (χ3n) is 5.45. The Labute approximate surface area is 199 Å². The topological polar surface area (TPSA) is 85.0 Å². The van der Waals surface area contributed by atoms with Crippen LogP contribution in [-0.2, 0) is 9.84 Å². The van der Waals surface area contributed by atoms with Gasteiger partial charge in [-0.1, -0.05) is 35.9 Å². The summed E-state index contributed by atoms with van der Waals surface area (Å²) in [6, 6.07) is 23.4. The SMILES string of the molecule is COc1ccc(-c2nn(-c3ccccc3)cc2/C=C(\C#N)S(=O)(=O)c2ccc(C)cc2)cc1C. The van der Waals surface area contributed by atoms with Crippen LogP contribution >= 0.6 is 0 Å². The predicted molar refractivity (Wildman–Crippen MR) is 132 cm³/mol. The highest BCUT2D eigenvalue weighted by Crippen LogP contribution is 2.31. The number of methoxy groups -OCH3 is 1. The fourth-order valence-electron chi connectivity index (χ4n) is 3.61. The highest BCUT2D eigenvalue weighted by atomic mass is 32.2. The van der Waals surface area contributed by atoms with Crippen molar-refractivity contribution >= 4 is 15.9 Å². The molecule has 4 rings (SSSR count). The minimum absolute atomic E-state index is 0.0724. The van der Waals surface area contributed by atoms with Gasteiger partial charge in [-0.15, -0.1) is 0 Å². The molecule has 0 unspecified atom stereocenters. The van der Waals surface area contributed by atoms with Crippen LogP contribution in [0.1, 0.15) is 16.7 Å². The van der Waals surface area contributed by atoms with Crippen molar-refractivity contribution in [1.82, 2.24) is 9.78 Å². The van der Waals surface area contributed by atoms with Gasteiger partial charge in [0.2, 0.25) is 9.84 Å². The lowest BCUT2D eigenvalue weighted by atomic mass is 10.0. The number of ether oxygens (including phenoxy) is 1. The Bertz CT molecular complexity index is 1510. The Balaban J connectivity index is 1.89. The van der Waals surface area contributed by atoms with E-state index < -0.39 is 9.84 Å². The zero-order valence-electron chi connectivity index (χ0n) is 19.1. The molecule has 170 valence electrons. The molecule has 0 spiro atoms. The van der Waals surface area contributed by atoms with E-state index in [1.807, 2.05) is 68.4 Å². The molecule has 7 heteroatoms. The molecule has 0 saturated carbocycles. The number of para-hydroxylation sites is 1. The molecule has 0 fully saturated rings. The number of aryl methyl sites for hydroxylation is 2. The zero-order chi connectivity index (χ0) is 24.3. The van der Waals surface area contributed by atoms with Gasteiger partial charge < -0.3 is 4.74 Å². The summed E-state index contributed by atoms with van der Waals surface area (Å²) in [6.07, 6.45) is 3.11. The predicted octanol–water partition coefficient (Wildman–Crippen LogP) is 5.50. The van der Waals surface area contributed by atoms with Crippen molar-refractivity contribution in [3.8, 4) is 28.8 Å². The Hall–Kier alpha value is -4.15. The van der Waals surface area contributed by atoms with Crippen LogP contribution in [0, 0.1) is 25.2 Å². The first kappa shape index (κ1) is 23.0. The minimum Gasteiger partial charge on any atom is -0.496 e. The maximum absolute atomic E-state index is 13.2. The third kappa shape index (κ3) is 4.49. The standard InChI is InChI=1S/C27H23N3O3S/c1-19-9-12-24(13-10-19)34(31,32)25(17-28)16-22-18-30(23-7-5-4-6-8-23)29-27(22)21-11-14-26(33-3)20(2)15-21/h4-16,18H,1-3H3/b25-16+. The third-order valence-corrected chi connectivity index (χ3v) is 7.13. The van der Waals surface area contributed by atoms with Gasteiger partial charge in [0.05, 0.1) is 17.7 Å². The van der Waals surface area contributed by atoms with E-state index in [0.29, 0.717) is 11.3 Å². The van der Waals surface area contributed by atoms with Crippen LogP contribution in [0.2, 0.25) is 0 Å². The van der Waals surface area contributed by atoms with E-state index in [4.69, 9.17) is 9.84 Å². The molecular formula is C27H23N3O3S. The second-order valence-corrected chi connectivity index (χ2v) is 9.75. The Morgan fingerprint density at radius 1 is 1.03 bits per heavy atom. The molecular weight excluding hydrogens is 446 g/mol. The van der Waals surface area contributed by atoms with Crippen molar-refractivity contribution in [1.29, 1.82) is 5.26 Å². The Kier molecular flexibility index (Phi) is 6.35. The highest BCUT2D eigenvalue weighted by Gasteiger charge is 2.22. The quantitative estimate of drug-likeness (QED) is 0.348. The number of sulfone groups is 1. The van der Waals surface area contributed by atoms with E-state index >= 15 is 0 Å². The Morgan fingerprint density at radius 3 is 2.35 bits per heavy atom. The van der Waals surface area contributed by atoms with E-state index in [0.717, 1.165) is 28.1 Å². The van der Waals surface area contributed by atoms with Crippen molar-refractivity contribution in [2.24, 2.45) is 0 Å². The molecule has 0 bridgehead atoms. The monoisotopic (exact) mass is 469 g/mol. The van der Waals surface area contributed by atoms with Gasteiger partial charge in [-0.05, 0) is 68.0 Å². The fourth-order valence-corrected chi connectivity index (χ4v) is 4.76. The van der Waals surface area contributed by atoms with E-state index in [9.17, 15) is 13.7 Å². The molecule has 0 atom stereocenters. The van der Waals surface area contributed by atoms with E-state index in [1.54, 1.807) is 30.1 Å². The summed E-state index contributed by atoms with van der Waals surface area (Å²) >= 11 is 0. The summed E-state index contributed by atoms with van der Waals surface area (Å²) in [6.45, 7) is 3.80. The molecule has 0 radical (unpaired) electrons. The summed E-state index contributed by atoms with van der Waals surface area (Å²) in [5.74, 6) is 0.739. The van der Waals surface area contributed by atoms with Gasteiger partial charge in [0.25, 0.3) is 0 Å². The molecule has 1 aromatic heterocycles. The van der Waals surface area contributed by atoms with E-state index in [1.165, 1.54) is 18.2 Å². The lowest BCUT2D eigenvalue weighted by Crippen LogP contribution is -2.03. The van der Waals surface area contributed by atoms with Crippen molar-refractivity contribution < 1.29 is 13.2 Å². The second-order valence-electron chi connectivity index (χ2n) is 7.83. The van der Waals surface area contributed by atoms with Crippen LogP contribution in [0.3, 0.4) is 0 Å². The van der Waals surface area contributed by atoms with Gasteiger partial charge in [0.15, 0.2) is 0 Å². The smallest absolute Gasteiger partial charge is 0.216 e. The van der Waals surface area contributed by atoms with Crippen LogP contribution in [0.5, 0.6) is 5.75 Å². The van der Waals surface area contributed by atoms with Crippen molar-refractivity contribution in [3.63, 3.8) is 0 Å². The molecule has 4 aromatic rings. The summed E-state index contributed by atoms with van der Waals surface area (Å²) in [7, 11) is -2.39. The fraction of sp³-hybridized carbons (Fsp3) is 0.111. The first-order valence-electron chi connectivity index (χ1n) is 10.6. The van der Waals surface area contributed by atoms with Crippen LogP contribution in [0.4, 0.5) is 0 Å². The van der Waals surface area contributed by atoms with E-state index in [2.05, 4.69) is 0 Å². The van der Waals surface area contributed by atoms with Gasteiger partial charge in [0, 0.05) is 17.3 Å². The first-order chi connectivity index (χ1) is 16.3. The summed E-state index contributed by atoms with van der Waals surface area (Å²) in [4.78, 5) is -0.279. The molecule has 0 N–H and O–H groups in total. The lowest BCUT2D eigenvalue weighted by Gasteiger charge is -2.07. The van der Waals surface area contributed by atoms with Gasteiger partial charge in [-0.3, -0.25) is 0 Å². The normalized spacial score (nSPS) is 11.8. The number of rotatable bonds is 6. The molecule has 0 aliphatic rings. The number of hydrogen-bond donors (Lipinski definition) is 0. The number of benzene rings is 3. The average molecular weight is 470 g/mol. The second kappa shape index (κ2) is 9.38. The summed E-state index contributed by atoms with van der Waals surface area (Å²) < 4.78 is 33.5. The van der Waals surface area contributed by atoms with Crippen molar-refractivity contribution in [2.45, 2.75) is 18.7 Å². The number of allylic oxidation sites excluding steroid dienone is 1. The van der Waals surface area contributed by atoms with E-state index in [-0.39, 0.29) is 9.80 Å². The van der Waals surface area contributed by atoms with Crippen molar-refractivity contribution in [3.05, 3.63) is 101 Å². The highest BCUT2D eigenvalue weighted by molar-refractivity contribution is 7.95. The molecule has 1 heterocycles.